The Balaban J connectivity index is -0.000000000495. The fraction of sp³-hybridized carbons (Fsp3) is 0. The van der Waals surface area contributed by atoms with Gasteiger partial charge in [0.2, 0.25) is 0 Å². The van der Waals surface area contributed by atoms with Crippen LogP contribution in [0.3, 0.4) is 0 Å². The van der Waals surface area contributed by atoms with E-state index in [1.54, 1.807) is 0 Å². The summed E-state index contributed by atoms with van der Waals surface area (Å²) in [5.41, 5.74) is 0. The molecule has 0 aliphatic heterocycles. The van der Waals surface area contributed by atoms with Crippen LogP contribution in [0, 0.1) is 0 Å². The first-order valence-corrected chi connectivity index (χ1v) is 1.84. The molecule has 18 heavy (non-hydrogen) atoms. The van der Waals surface area contributed by atoms with Crippen molar-refractivity contribution < 1.29 is 193 Å². The molecule has 0 spiro atoms. The Kier molecular flexibility index (Phi) is 1900. The quantitative estimate of drug-likeness (QED) is 0.315. The van der Waals surface area contributed by atoms with Gasteiger partial charge in [-0.1, -0.05) is 0 Å². The van der Waals surface area contributed by atoms with Crippen molar-refractivity contribution in [3.63, 3.8) is 0 Å². The van der Waals surface area contributed by atoms with E-state index in [0.29, 0.717) is 0 Å². The summed E-state index contributed by atoms with van der Waals surface area (Å²) in [7, 11) is -3.63. The summed E-state index contributed by atoms with van der Waals surface area (Å²) in [6.07, 6.45) is 0. The molecule has 3 nitrogen and oxygen atoms in total. The molecule has 18 heteroatoms. The Morgan fingerprint density at radius 3 is 0.444 bits per heavy atom. The van der Waals surface area contributed by atoms with E-state index in [1.807, 2.05) is 0 Å². The Morgan fingerprint density at radius 1 is 0.444 bits per heavy atom. The van der Waals surface area contributed by atoms with Crippen LogP contribution in [0.15, 0.2) is 0 Å². The number of rotatable bonds is 0. The van der Waals surface area contributed by atoms with Gasteiger partial charge in [-0.3, -0.25) is 0 Å². The second-order valence-electron chi connectivity index (χ2n) is 0.250. The molecule has 0 aromatic heterocycles. The van der Waals surface area contributed by atoms with Gasteiger partial charge in [-0.25, -0.2) is 0 Å². The minimum absolute atomic E-state index is 0. The van der Waals surface area contributed by atoms with Gasteiger partial charge in [0.15, 0.2) is 0 Å². The maximum atomic E-state index is 8.52. The van der Waals surface area contributed by atoms with Crippen LogP contribution in [0.5, 0.6) is 0 Å². The van der Waals surface area contributed by atoms with Gasteiger partial charge in [-0.2, -0.15) is 0 Å². The van der Waals surface area contributed by atoms with Crippen LogP contribution in [0.2, 0.25) is 0 Å². The average molecular weight is 246 g/mol. The number of hydrogen-bond acceptors (Lipinski definition) is 3. The number of hydrogen-bond donors (Lipinski definition) is 0. The third-order valence-corrected chi connectivity index (χ3v) is 0. The van der Waals surface area contributed by atoms with Crippen molar-refractivity contribution in [3.05, 3.63) is 0 Å². The molecule has 0 aromatic carbocycles. The van der Waals surface area contributed by atoms with Crippen LogP contribution in [0.1, 0.15) is 0 Å². The van der Waals surface area contributed by atoms with Gasteiger partial charge in [0.25, 0.3) is 0 Å². The predicted octanol–water partition coefficient (Wildman–Crippen LogP) is -44.8. The van der Waals surface area contributed by atoms with Gasteiger partial charge in [0, 0.05) is 9.17 Å². The minimum atomic E-state index is -3.63. The van der Waals surface area contributed by atoms with Crippen LogP contribution < -0.4 is 189 Å². The zero-order valence-corrected chi connectivity index (χ0v) is 13.0. The molecule has 72 valence electrons. The van der Waals surface area contributed by atoms with Crippen molar-refractivity contribution in [2.75, 3.05) is 0 Å². The van der Waals surface area contributed by atoms with Gasteiger partial charge >= 0.3 is 151 Å². The molecule has 0 heterocycles. The smallest absolute Gasteiger partial charge is 1.00 e. The third kappa shape index (κ3) is 455. The van der Waals surface area contributed by atoms with E-state index < -0.39 is 9.17 Å². The Labute approximate surface area is 199 Å². The van der Waals surface area contributed by atoms with Crippen molar-refractivity contribution >= 4 is 9.17 Å². The maximum absolute atomic E-state index is 8.52. The molecule has 0 amide bonds. The molecule has 0 aliphatic rings. The van der Waals surface area contributed by atoms with Crippen molar-refractivity contribution in [2.45, 2.75) is 0 Å². The van der Waals surface area contributed by atoms with Gasteiger partial charge in [0.05, 0.1) is 0 Å². The molecule has 0 atom stereocenters. The van der Waals surface area contributed by atoms with E-state index in [2.05, 4.69) is 0 Å². The fourth-order valence-electron chi connectivity index (χ4n) is 0. The normalized spacial score (nSPS) is 1.33. The molecule has 0 radical (unpaired) electrons. The first-order valence-electron chi connectivity index (χ1n) is 0.612. The topological polar surface area (TPSA) is 63.2 Å². The Hall–Kier alpha value is 3.98. The van der Waals surface area contributed by atoms with Crippen LogP contribution >= 0.6 is 0 Å². The largest absolute Gasteiger partial charge is 1.00 e. The SMILES string of the molecule is O=[Si]([O-])[O-].[F-].[F-].[F-].[F-].[F-].[F-].[Li+].[Li+].[Li+].[Li+].[Li+].[Li+].[Li+].[Li+]. The van der Waals surface area contributed by atoms with Gasteiger partial charge in [0.1, 0.15) is 0 Å². The first-order chi connectivity index (χ1) is 1.73. The van der Waals surface area contributed by atoms with E-state index in [4.69, 9.17) is 14.1 Å². The van der Waals surface area contributed by atoms with Crippen LogP contribution in [-0.4, -0.2) is 9.17 Å². The molecule has 0 N–H and O–H groups in total. The molecule has 0 rings (SSSR count). The van der Waals surface area contributed by atoms with Crippen molar-refractivity contribution in [3.8, 4) is 0 Å². The molecule has 0 saturated carbocycles. The van der Waals surface area contributed by atoms with Crippen molar-refractivity contribution in [2.24, 2.45) is 0 Å². The van der Waals surface area contributed by atoms with E-state index >= 15 is 0 Å². The zero-order chi connectivity index (χ0) is 3.58. The van der Waals surface area contributed by atoms with E-state index in [0.717, 1.165) is 0 Å². The third-order valence-electron chi connectivity index (χ3n) is 0. The van der Waals surface area contributed by atoms with Crippen LogP contribution in [0.4, 0.5) is 0 Å². The van der Waals surface area contributed by atoms with E-state index in [9.17, 15) is 0 Å². The molecular weight excluding hydrogens is 246 g/mol. The van der Waals surface area contributed by atoms with Gasteiger partial charge in [-0.05, 0) is 0 Å². The summed E-state index contributed by atoms with van der Waals surface area (Å²) in [5.74, 6) is 0. The zero-order valence-electron chi connectivity index (χ0n) is 12.0. The van der Waals surface area contributed by atoms with Crippen LogP contribution in [-0.2, 0) is 4.46 Å². The predicted molar refractivity (Wildman–Crippen MR) is 6.44 cm³/mol. The summed E-state index contributed by atoms with van der Waals surface area (Å²) in [6, 6.07) is 0. The molecule has 0 unspecified atom stereocenters. The Morgan fingerprint density at radius 2 is 0.444 bits per heavy atom. The van der Waals surface area contributed by atoms with Crippen molar-refractivity contribution in [1.29, 1.82) is 0 Å². The molecule has 0 aliphatic carbocycles. The first kappa shape index (κ1) is 199. The molecule has 0 bridgehead atoms. The monoisotopic (exact) mass is 246 g/mol. The molecule has 0 fully saturated rings. The summed E-state index contributed by atoms with van der Waals surface area (Å²) in [6.45, 7) is 0. The van der Waals surface area contributed by atoms with E-state index in [-0.39, 0.29) is 179 Å². The minimum Gasteiger partial charge on any atom is -1.00 e. The molecule has 0 saturated heterocycles. The van der Waals surface area contributed by atoms with Gasteiger partial charge < -0.3 is 42.3 Å². The average Bonchev–Trinajstić information content (AvgIpc) is 0.811. The second-order valence-corrected chi connectivity index (χ2v) is 0.750. The second kappa shape index (κ2) is 172. The summed E-state index contributed by atoms with van der Waals surface area (Å²) in [4.78, 5) is 17.0. The molecular formula is F6Li8O3Si. The van der Waals surface area contributed by atoms with Crippen molar-refractivity contribution in [1.82, 2.24) is 0 Å². The van der Waals surface area contributed by atoms with E-state index in [1.165, 1.54) is 0 Å². The summed E-state index contributed by atoms with van der Waals surface area (Å²) < 4.78 is 8.52. The summed E-state index contributed by atoms with van der Waals surface area (Å²) >= 11 is 0. The van der Waals surface area contributed by atoms with Crippen LogP contribution in [0.25, 0.3) is 0 Å². The maximum Gasteiger partial charge on any atom is 1.00 e. The number of halogens is 6. The molecule has 0 aromatic rings. The fourth-order valence-corrected chi connectivity index (χ4v) is 0. The Bertz CT molecular complexity index is 53.8. The standard InChI is InChI=1S/6FH.8Li.O3Si/c;;;;;;;;;;;;;;1-4(2)3/h6*1H;;;;;;;;;/q;;;;;;8*+1;-2/p-6. The summed E-state index contributed by atoms with van der Waals surface area (Å²) in [5, 5.41) is 0. The van der Waals surface area contributed by atoms with Gasteiger partial charge in [-0.15, -0.1) is 0 Å².